The molecule has 0 unspecified atom stereocenters. The third-order valence-electron chi connectivity index (χ3n) is 4.44. The molecule has 0 radical (unpaired) electrons. The Bertz CT molecular complexity index is 521. The van der Waals surface area contributed by atoms with E-state index in [9.17, 15) is 0 Å². The summed E-state index contributed by atoms with van der Waals surface area (Å²) in [4.78, 5) is 19.6. The number of carbonyl (C=O) groups is 1. The molecule has 2 saturated heterocycles. The molecule has 1 aromatic heterocycles. The lowest BCUT2D eigenvalue weighted by Crippen LogP contribution is -2.45. The van der Waals surface area contributed by atoms with Crippen molar-refractivity contribution in [3.63, 3.8) is 0 Å². The van der Waals surface area contributed by atoms with Crippen molar-refractivity contribution < 1.29 is 9.90 Å². The molecule has 6 nitrogen and oxygen atoms in total. The van der Waals surface area contributed by atoms with Gasteiger partial charge in [-0.05, 0) is 44.1 Å². The molecular weight excluding hydrogens is 348 g/mol. The number of carboxylic acid groups (broad SMARTS) is 1. The van der Waals surface area contributed by atoms with E-state index in [0.29, 0.717) is 11.1 Å². The molecule has 2 aliphatic heterocycles. The fourth-order valence-corrected chi connectivity index (χ4v) is 4.44. The van der Waals surface area contributed by atoms with Crippen LogP contribution < -0.4 is 5.32 Å². The van der Waals surface area contributed by atoms with E-state index in [1.54, 1.807) is 6.20 Å². The van der Waals surface area contributed by atoms with Crippen LogP contribution in [0.3, 0.4) is 0 Å². The minimum atomic E-state index is -0.250. The number of nitrogens with zero attached hydrogens (tertiary/aromatic N) is 3. The number of aryl methyl sites for hydroxylation is 1. The lowest BCUT2D eigenvalue weighted by molar-refractivity contribution is -0.122. The number of halogens is 1. The largest absolute Gasteiger partial charge is 0.483 e. The first-order chi connectivity index (χ1) is 11.6. The number of anilines is 1. The highest BCUT2D eigenvalue weighted by Crippen LogP contribution is 2.26. The normalized spacial score (nSPS) is 20.1. The molecule has 3 heterocycles. The van der Waals surface area contributed by atoms with Crippen LogP contribution in [0.2, 0.25) is 5.02 Å². The lowest BCUT2D eigenvalue weighted by atomic mass is 10.0. The number of nitrogens with one attached hydrogen (secondary N) is 1. The second-order valence-corrected chi connectivity index (χ2v) is 7.65. The number of thioether (sulfide) groups is 1. The summed E-state index contributed by atoms with van der Waals surface area (Å²) < 4.78 is 0. The maximum atomic E-state index is 8.36. The SMILES string of the molecule is Cc1ncc(Cl)c(NC2CCN(C3CCSCC3)CC2)n1.O=CO. The quantitative estimate of drug-likeness (QED) is 0.789. The molecular formula is C16H25ClN4O2S. The van der Waals surface area contributed by atoms with Crippen molar-refractivity contribution >= 4 is 35.7 Å². The molecule has 2 N–H and O–H groups in total. The van der Waals surface area contributed by atoms with Crippen molar-refractivity contribution in [1.82, 2.24) is 14.9 Å². The van der Waals surface area contributed by atoms with Crippen molar-refractivity contribution in [3.05, 3.63) is 17.0 Å². The van der Waals surface area contributed by atoms with E-state index in [1.807, 2.05) is 6.92 Å². The second kappa shape index (κ2) is 10.1. The Labute approximate surface area is 152 Å². The van der Waals surface area contributed by atoms with Crippen molar-refractivity contribution in [2.45, 2.75) is 44.7 Å². The third kappa shape index (κ3) is 5.79. The second-order valence-electron chi connectivity index (χ2n) is 6.02. The summed E-state index contributed by atoms with van der Waals surface area (Å²) in [6, 6.07) is 1.29. The van der Waals surface area contributed by atoms with Gasteiger partial charge in [-0.1, -0.05) is 11.6 Å². The highest BCUT2D eigenvalue weighted by Gasteiger charge is 2.26. The van der Waals surface area contributed by atoms with Crippen molar-refractivity contribution in [3.8, 4) is 0 Å². The third-order valence-corrected chi connectivity index (χ3v) is 5.77. The molecule has 24 heavy (non-hydrogen) atoms. The van der Waals surface area contributed by atoms with E-state index in [4.69, 9.17) is 21.5 Å². The van der Waals surface area contributed by atoms with Crippen LogP contribution in [0.1, 0.15) is 31.5 Å². The molecule has 134 valence electrons. The standard InChI is InChI=1S/C15H23ClN4S.CH2O2/c1-11-17-10-14(16)15(18-11)19-12-2-6-20(7-3-12)13-4-8-21-9-5-13;2-1-3/h10,12-13H,2-9H2,1H3,(H,17,18,19);1H,(H,2,3). The first-order valence-corrected chi connectivity index (χ1v) is 9.82. The summed E-state index contributed by atoms with van der Waals surface area (Å²) in [6.45, 7) is 4.02. The van der Waals surface area contributed by atoms with Gasteiger partial charge in [-0.15, -0.1) is 0 Å². The van der Waals surface area contributed by atoms with Crippen LogP contribution in [0.25, 0.3) is 0 Å². The Morgan fingerprint density at radius 3 is 2.58 bits per heavy atom. The van der Waals surface area contributed by atoms with E-state index in [0.717, 1.165) is 17.7 Å². The van der Waals surface area contributed by atoms with Gasteiger partial charge < -0.3 is 15.3 Å². The van der Waals surface area contributed by atoms with Crippen LogP contribution in [0.5, 0.6) is 0 Å². The molecule has 8 heteroatoms. The number of rotatable bonds is 3. The van der Waals surface area contributed by atoms with E-state index < -0.39 is 0 Å². The van der Waals surface area contributed by atoms with Gasteiger partial charge in [0.05, 0.1) is 6.20 Å². The maximum absolute atomic E-state index is 8.36. The Hall–Kier alpha value is -1.05. The average Bonchev–Trinajstić information content (AvgIpc) is 2.60. The predicted octanol–water partition coefficient (Wildman–Crippen LogP) is 2.91. The van der Waals surface area contributed by atoms with Gasteiger partial charge in [0, 0.05) is 25.2 Å². The molecule has 2 aliphatic rings. The Kier molecular flexibility index (Phi) is 8.08. The monoisotopic (exact) mass is 372 g/mol. The van der Waals surface area contributed by atoms with Crippen molar-refractivity contribution in [2.24, 2.45) is 0 Å². The molecule has 0 saturated carbocycles. The molecule has 0 amide bonds. The zero-order chi connectivity index (χ0) is 17.4. The van der Waals surface area contributed by atoms with Gasteiger partial charge in [0.2, 0.25) is 0 Å². The Morgan fingerprint density at radius 2 is 1.96 bits per heavy atom. The van der Waals surface area contributed by atoms with E-state index >= 15 is 0 Å². The molecule has 0 aromatic carbocycles. The van der Waals surface area contributed by atoms with Crippen molar-refractivity contribution in [2.75, 3.05) is 29.9 Å². The van der Waals surface area contributed by atoms with E-state index in [1.165, 1.54) is 50.3 Å². The fourth-order valence-electron chi connectivity index (χ4n) is 3.21. The lowest BCUT2D eigenvalue weighted by Gasteiger charge is -2.39. The summed E-state index contributed by atoms with van der Waals surface area (Å²) in [7, 11) is 0. The summed E-state index contributed by atoms with van der Waals surface area (Å²) in [5.74, 6) is 4.22. The van der Waals surface area contributed by atoms with Gasteiger partial charge >= 0.3 is 0 Å². The number of piperidine rings is 1. The first kappa shape index (κ1) is 19.3. The van der Waals surface area contributed by atoms with Gasteiger partial charge in [0.15, 0.2) is 0 Å². The van der Waals surface area contributed by atoms with Crippen LogP contribution in [-0.4, -0.2) is 63.1 Å². The van der Waals surface area contributed by atoms with Crippen LogP contribution in [0.4, 0.5) is 5.82 Å². The van der Waals surface area contributed by atoms with Crippen LogP contribution in [0, 0.1) is 6.92 Å². The number of hydrogen-bond acceptors (Lipinski definition) is 6. The van der Waals surface area contributed by atoms with Crippen LogP contribution in [-0.2, 0) is 4.79 Å². The van der Waals surface area contributed by atoms with Crippen LogP contribution in [0.15, 0.2) is 6.20 Å². The summed E-state index contributed by atoms with van der Waals surface area (Å²) in [6.07, 6.45) is 6.74. The van der Waals surface area contributed by atoms with Gasteiger partial charge in [-0.2, -0.15) is 11.8 Å². The number of likely N-dealkylation sites (tertiary alicyclic amines) is 1. The zero-order valence-corrected chi connectivity index (χ0v) is 15.5. The van der Waals surface area contributed by atoms with Gasteiger partial charge in [-0.3, -0.25) is 4.79 Å². The average molecular weight is 373 g/mol. The Morgan fingerprint density at radius 1 is 1.33 bits per heavy atom. The Balaban J connectivity index is 0.000000647. The van der Waals surface area contributed by atoms with Gasteiger partial charge in [0.25, 0.3) is 6.47 Å². The molecule has 2 fully saturated rings. The van der Waals surface area contributed by atoms with E-state index in [-0.39, 0.29) is 6.47 Å². The van der Waals surface area contributed by atoms with Crippen molar-refractivity contribution in [1.29, 1.82) is 0 Å². The van der Waals surface area contributed by atoms with Gasteiger partial charge in [-0.25, -0.2) is 9.97 Å². The summed E-state index contributed by atoms with van der Waals surface area (Å²) in [5.41, 5.74) is 0. The molecule has 0 atom stereocenters. The summed E-state index contributed by atoms with van der Waals surface area (Å²) >= 11 is 8.27. The first-order valence-electron chi connectivity index (χ1n) is 8.29. The molecule has 3 rings (SSSR count). The highest BCUT2D eigenvalue weighted by atomic mass is 35.5. The molecule has 1 aromatic rings. The highest BCUT2D eigenvalue weighted by molar-refractivity contribution is 7.99. The number of hydrogen-bond donors (Lipinski definition) is 2. The minimum absolute atomic E-state index is 0.250. The summed E-state index contributed by atoms with van der Waals surface area (Å²) in [5, 5.41) is 11.0. The maximum Gasteiger partial charge on any atom is 0.290 e. The topological polar surface area (TPSA) is 78.4 Å². The van der Waals surface area contributed by atoms with Gasteiger partial charge in [0.1, 0.15) is 16.7 Å². The van der Waals surface area contributed by atoms with E-state index in [2.05, 4.69) is 31.9 Å². The number of aromatic nitrogens is 2. The minimum Gasteiger partial charge on any atom is -0.483 e. The molecule has 0 bridgehead atoms. The zero-order valence-electron chi connectivity index (χ0n) is 13.9. The molecule has 0 aliphatic carbocycles. The predicted molar refractivity (Wildman–Crippen MR) is 99.0 cm³/mol. The fraction of sp³-hybridized carbons (Fsp3) is 0.688. The smallest absolute Gasteiger partial charge is 0.290 e. The van der Waals surface area contributed by atoms with Crippen LogP contribution >= 0.6 is 23.4 Å². The molecule has 0 spiro atoms.